The molecule has 2 aromatic heterocycles. The van der Waals surface area contributed by atoms with Crippen LogP contribution in [0.4, 0.5) is 5.69 Å². The zero-order valence-electron chi connectivity index (χ0n) is 12.6. The van der Waals surface area contributed by atoms with E-state index in [2.05, 4.69) is 60.3 Å². The van der Waals surface area contributed by atoms with Gasteiger partial charge in [-0.15, -0.1) is 11.3 Å². The second kappa shape index (κ2) is 5.45. The van der Waals surface area contributed by atoms with Gasteiger partial charge in [0.2, 0.25) is 0 Å². The molecule has 0 saturated heterocycles. The maximum absolute atomic E-state index is 4.52. The number of rotatable bonds is 3. The molecule has 0 radical (unpaired) electrons. The number of anilines is 1. The van der Waals surface area contributed by atoms with E-state index in [9.17, 15) is 0 Å². The molecule has 4 heteroatoms. The molecule has 0 atom stereocenters. The lowest BCUT2D eigenvalue weighted by Crippen LogP contribution is -2.09. The van der Waals surface area contributed by atoms with Crippen molar-refractivity contribution < 1.29 is 0 Å². The molecule has 21 heavy (non-hydrogen) atoms. The van der Waals surface area contributed by atoms with E-state index in [-0.39, 0.29) is 5.41 Å². The van der Waals surface area contributed by atoms with Crippen molar-refractivity contribution in [2.24, 2.45) is 0 Å². The molecular formula is C17H19N3S. The summed E-state index contributed by atoms with van der Waals surface area (Å²) in [7, 11) is 0. The van der Waals surface area contributed by atoms with Crippen molar-refractivity contribution in [1.29, 1.82) is 0 Å². The molecule has 3 aromatic rings. The number of nitrogens with one attached hydrogen (secondary N) is 1. The van der Waals surface area contributed by atoms with E-state index in [1.54, 1.807) is 11.3 Å². The summed E-state index contributed by atoms with van der Waals surface area (Å²) < 4.78 is 0. The number of hydrogen-bond acceptors (Lipinski definition) is 4. The number of hydrogen-bond donors (Lipinski definition) is 1. The van der Waals surface area contributed by atoms with Crippen molar-refractivity contribution in [2.45, 2.75) is 32.7 Å². The monoisotopic (exact) mass is 297 g/mol. The Morgan fingerprint density at radius 1 is 1.10 bits per heavy atom. The van der Waals surface area contributed by atoms with Crippen molar-refractivity contribution in [2.75, 3.05) is 5.32 Å². The van der Waals surface area contributed by atoms with Crippen LogP contribution in [0.1, 0.15) is 30.7 Å². The first-order valence-electron chi connectivity index (χ1n) is 7.07. The van der Waals surface area contributed by atoms with Gasteiger partial charge in [0.15, 0.2) is 0 Å². The molecule has 0 aliphatic heterocycles. The summed E-state index contributed by atoms with van der Waals surface area (Å²) in [4.78, 5) is 10.2. The summed E-state index contributed by atoms with van der Waals surface area (Å²) in [5.74, 6) is 0. The minimum Gasteiger partial charge on any atom is -0.378 e. The molecule has 1 aromatic carbocycles. The Bertz CT molecular complexity index is 751. The number of benzene rings is 1. The Morgan fingerprint density at radius 3 is 2.67 bits per heavy atom. The maximum Gasteiger partial charge on any atom is 0.0981 e. The smallest absolute Gasteiger partial charge is 0.0981 e. The van der Waals surface area contributed by atoms with Crippen LogP contribution in [0.25, 0.3) is 10.9 Å². The zero-order chi connectivity index (χ0) is 14.9. The van der Waals surface area contributed by atoms with Gasteiger partial charge in [0.25, 0.3) is 0 Å². The lowest BCUT2D eigenvalue weighted by molar-refractivity contribution is 0.585. The van der Waals surface area contributed by atoms with Crippen molar-refractivity contribution in [1.82, 2.24) is 9.97 Å². The third-order valence-corrected chi connectivity index (χ3v) is 4.70. The van der Waals surface area contributed by atoms with Crippen LogP contribution in [0.15, 0.2) is 42.7 Å². The van der Waals surface area contributed by atoms with Crippen molar-refractivity contribution >= 4 is 27.9 Å². The third kappa shape index (κ3) is 3.05. The Kier molecular flexibility index (Phi) is 3.64. The molecule has 1 N–H and O–H groups in total. The lowest BCUT2D eigenvalue weighted by Gasteiger charge is -2.13. The summed E-state index contributed by atoms with van der Waals surface area (Å²) in [6, 6.07) is 10.3. The fraction of sp³-hybridized carbons (Fsp3) is 0.294. The standard InChI is InChI=1S/C17H19N3S/c1-17(2,3)16-20-11-13(21-16)10-19-14-8-4-6-12-7-5-9-18-15(12)14/h4-9,11,19H,10H2,1-3H3. The van der Waals surface area contributed by atoms with E-state index in [0.717, 1.165) is 23.1 Å². The highest BCUT2D eigenvalue weighted by Crippen LogP contribution is 2.28. The first-order valence-corrected chi connectivity index (χ1v) is 7.88. The topological polar surface area (TPSA) is 37.8 Å². The highest BCUT2D eigenvalue weighted by Gasteiger charge is 2.17. The van der Waals surface area contributed by atoms with Gasteiger partial charge < -0.3 is 5.32 Å². The fourth-order valence-electron chi connectivity index (χ4n) is 2.17. The molecular weight excluding hydrogens is 278 g/mol. The molecule has 3 rings (SSSR count). The van der Waals surface area contributed by atoms with Gasteiger partial charge in [0, 0.05) is 28.1 Å². The van der Waals surface area contributed by atoms with Crippen LogP contribution in [0.3, 0.4) is 0 Å². The van der Waals surface area contributed by atoms with E-state index in [1.807, 2.05) is 18.5 Å². The van der Waals surface area contributed by atoms with Gasteiger partial charge in [0.05, 0.1) is 22.8 Å². The normalized spacial score (nSPS) is 11.8. The molecule has 0 aliphatic carbocycles. The van der Waals surface area contributed by atoms with Crippen molar-refractivity contribution in [3.8, 4) is 0 Å². The number of aromatic nitrogens is 2. The summed E-state index contributed by atoms with van der Waals surface area (Å²) in [5, 5.41) is 5.81. The maximum atomic E-state index is 4.52. The van der Waals surface area contributed by atoms with E-state index in [1.165, 1.54) is 9.88 Å². The van der Waals surface area contributed by atoms with Crippen LogP contribution in [-0.4, -0.2) is 9.97 Å². The fourth-order valence-corrected chi connectivity index (χ4v) is 3.07. The van der Waals surface area contributed by atoms with Crippen molar-refractivity contribution in [3.63, 3.8) is 0 Å². The quantitative estimate of drug-likeness (QED) is 0.767. The number of thiazole rings is 1. The van der Waals surface area contributed by atoms with Gasteiger partial charge in [-0.1, -0.05) is 39.0 Å². The molecule has 2 heterocycles. The Balaban J connectivity index is 1.79. The molecule has 0 saturated carbocycles. The number of nitrogens with zero attached hydrogens (tertiary/aromatic N) is 2. The lowest BCUT2D eigenvalue weighted by atomic mass is 9.98. The minimum absolute atomic E-state index is 0.115. The number of fused-ring (bicyclic) bond motifs is 1. The zero-order valence-corrected chi connectivity index (χ0v) is 13.4. The molecule has 108 valence electrons. The largest absolute Gasteiger partial charge is 0.378 e. The molecule has 0 spiro atoms. The first-order chi connectivity index (χ1) is 10.0. The van der Waals surface area contributed by atoms with Gasteiger partial charge >= 0.3 is 0 Å². The predicted molar refractivity (Wildman–Crippen MR) is 89.9 cm³/mol. The number of pyridine rings is 1. The van der Waals surface area contributed by atoms with Crippen LogP contribution >= 0.6 is 11.3 Å². The molecule has 0 unspecified atom stereocenters. The van der Waals surface area contributed by atoms with Crippen LogP contribution in [0, 0.1) is 0 Å². The average molecular weight is 297 g/mol. The number of para-hydroxylation sites is 1. The molecule has 0 bridgehead atoms. The Labute approximate surface area is 129 Å². The van der Waals surface area contributed by atoms with Crippen molar-refractivity contribution in [3.05, 3.63) is 52.6 Å². The summed E-state index contributed by atoms with van der Waals surface area (Å²) >= 11 is 1.77. The van der Waals surface area contributed by atoms with E-state index >= 15 is 0 Å². The van der Waals surface area contributed by atoms with Crippen LogP contribution < -0.4 is 5.32 Å². The van der Waals surface area contributed by atoms with Crippen LogP contribution in [0.2, 0.25) is 0 Å². The second-order valence-corrected chi connectivity index (χ2v) is 7.23. The molecule has 0 fully saturated rings. The summed E-state index contributed by atoms with van der Waals surface area (Å²) in [6.07, 6.45) is 3.80. The van der Waals surface area contributed by atoms with Gasteiger partial charge in [-0.25, -0.2) is 4.98 Å². The minimum atomic E-state index is 0.115. The third-order valence-electron chi connectivity index (χ3n) is 3.28. The van der Waals surface area contributed by atoms with Gasteiger partial charge in [-0.05, 0) is 12.1 Å². The van der Waals surface area contributed by atoms with Crippen LogP contribution in [-0.2, 0) is 12.0 Å². The van der Waals surface area contributed by atoms with E-state index in [4.69, 9.17) is 0 Å². The highest BCUT2D eigenvalue weighted by molar-refractivity contribution is 7.11. The Morgan fingerprint density at radius 2 is 1.90 bits per heavy atom. The SMILES string of the molecule is CC(C)(C)c1ncc(CNc2cccc3cccnc23)s1. The predicted octanol–water partition coefficient (Wildman–Crippen LogP) is 4.60. The van der Waals surface area contributed by atoms with E-state index in [0.29, 0.717) is 0 Å². The molecule has 0 amide bonds. The average Bonchev–Trinajstić information content (AvgIpc) is 2.94. The highest BCUT2D eigenvalue weighted by atomic mass is 32.1. The van der Waals surface area contributed by atoms with Gasteiger partial charge in [-0.2, -0.15) is 0 Å². The van der Waals surface area contributed by atoms with Gasteiger partial charge in [-0.3, -0.25) is 4.98 Å². The molecule has 3 nitrogen and oxygen atoms in total. The summed E-state index contributed by atoms with van der Waals surface area (Å²) in [6.45, 7) is 7.36. The first kappa shape index (κ1) is 14.0. The Hall–Kier alpha value is -1.94. The van der Waals surface area contributed by atoms with E-state index < -0.39 is 0 Å². The second-order valence-electron chi connectivity index (χ2n) is 6.12. The summed E-state index contributed by atoms with van der Waals surface area (Å²) in [5.41, 5.74) is 2.20. The molecule has 0 aliphatic rings. The van der Waals surface area contributed by atoms with Gasteiger partial charge in [0.1, 0.15) is 0 Å². The van der Waals surface area contributed by atoms with Crippen LogP contribution in [0.5, 0.6) is 0 Å².